The molecule has 2 aromatic rings. The molecule has 0 radical (unpaired) electrons. The van der Waals surface area contributed by atoms with Gasteiger partial charge in [-0.05, 0) is 51.0 Å². The fourth-order valence-electron chi connectivity index (χ4n) is 3.12. The van der Waals surface area contributed by atoms with Gasteiger partial charge in [0.25, 0.3) is 0 Å². The van der Waals surface area contributed by atoms with Gasteiger partial charge in [0.1, 0.15) is 11.5 Å². The maximum atomic E-state index is 12.4. The number of amides is 3. The van der Waals surface area contributed by atoms with Gasteiger partial charge in [-0.2, -0.15) is 5.10 Å². The summed E-state index contributed by atoms with van der Waals surface area (Å²) < 4.78 is 10.3. The molecule has 3 N–H and O–H groups in total. The Morgan fingerprint density at radius 1 is 0.906 bits per heavy atom. The molecular formula is C23H28N4O5. The van der Waals surface area contributed by atoms with Gasteiger partial charge in [0.15, 0.2) is 0 Å². The van der Waals surface area contributed by atoms with Gasteiger partial charge in [-0.3, -0.25) is 14.4 Å². The van der Waals surface area contributed by atoms with E-state index < -0.39 is 11.8 Å². The third-order valence-electron chi connectivity index (χ3n) is 4.57. The first kappa shape index (κ1) is 24.4. The third-order valence-corrected chi connectivity index (χ3v) is 4.57. The zero-order valence-electron chi connectivity index (χ0n) is 19.1. The number of rotatable bonds is 7. The molecule has 0 fully saturated rings. The molecule has 3 amide bonds. The van der Waals surface area contributed by atoms with Gasteiger partial charge in [-0.15, -0.1) is 0 Å². The molecule has 0 aliphatic heterocycles. The fraction of sp³-hybridized carbons (Fsp3) is 0.304. The van der Waals surface area contributed by atoms with Crippen molar-refractivity contribution in [2.45, 2.75) is 34.1 Å². The van der Waals surface area contributed by atoms with Crippen molar-refractivity contribution in [3.8, 4) is 11.5 Å². The van der Waals surface area contributed by atoms with Crippen LogP contribution in [-0.2, 0) is 14.4 Å². The van der Waals surface area contributed by atoms with E-state index in [1.54, 1.807) is 19.1 Å². The van der Waals surface area contributed by atoms with E-state index in [4.69, 9.17) is 9.47 Å². The van der Waals surface area contributed by atoms with Crippen molar-refractivity contribution in [1.29, 1.82) is 0 Å². The minimum Gasteiger partial charge on any atom is -0.497 e. The van der Waals surface area contributed by atoms with Crippen LogP contribution in [0, 0.1) is 20.8 Å². The van der Waals surface area contributed by atoms with Crippen molar-refractivity contribution in [3.05, 3.63) is 47.0 Å². The average molecular weight is 441 g/mol. The summed E-state index contributed by atoms with van der Waals surface area (Å²) in [4.78, 5) is 36.6. The number of nitrogens with one attached hydrogen (secondary N) is 3. The monoisotopic (exact) mass is 440 g/mol. The number of benzene rings is 2. The molecule has 32 heavy (non-hydrogen) atoms. The third kappa shape index (κ3) is 6.56. The number of ether oxygens (including phenoxy) is 2. The molecule has 9 heteroatoms. The quantitative estimate of drug-likeness (QED) is 0.347. The first-order valence-corrected chi connectivity index (χ1v) is 9.88. The number of carbonyl (C=O) groups is 3. The minimum atomic E-state index is -0.986. The molecular weight excluding hydrogens is 412 g/mol. The maximum absolute atomic E-state index is 12.4. The molecule has 0 unspecified atom stereocenters. The van der Waals surface area contributed by atoms with Crippen LogP contribution in [0.4, 0.5) is 11.4 Å². The molecule has 0 aromatic heterocycles. The summed E-state index contributed by atoms with van der Waals surface area (Å²) in [6.45, 7) is 7.42. The van der Waals surface area contributed by atoms with Crippen molar-refractivity contribution in [2.24, 2.45) is 5.10 Å². The van der Waals surface area contributed by atoms with Crippen molar-refractivity contribution in [3.63, 3.8) is 0 Å². The van der Waals surface area contributed by atoms with Gasteiger partial charge in [-0.25, -0.2) is 5.43 Å². The highest BCUT2D eigenvalue weighted by molar-refractivity contribution is 6.39. The molecule has 9 nitrogen and oxygen atoms in total. The molecule has 2 aromatic carbocycles. The molecule has 0 heterocycles. The zero-order valence-corrected chi connectivity index (χ0v) is 19.1. The summed E-state index contributed by atoms with van der Waals surface area (Å²) in [6.07, 6.45) is -0.0433. The number of carbonyl (C=O) groups excluding carboxylic acids is 3. The standard InChI is InChI=1S/C23H28N4O5/c1-13-9-14(2)21(15(3)10-13)25-20(28)11-16(4)26-27-23(30)22(29)24-18-12-17(31-5)7-8-19(18)32-6/h7-10,12H,11H2,1-6H3,(H,24,29)(H,25,28)(H,27,30)/b26-16+. The van der Waals surface area contributed by atoms with Crippen LogP contribution in [0.25, 0.3) is 0 Å². The van der Waals surface area contributed by atoms with E-state index in [-0.39, 0.29) is 18.0 Å². The SMILES string of the molecule is COc1ccc(OC)c(NC(=O)C(=O)N/N=C(\C)CC(=O)Nc2c(C)cc(C)cc2C)c1. The van der Waals surface area contributed by atoms with Crippen LogP contribution in [0.15, 0.2) is 35.4 Å². The van der Waals surface area contributed by atoms with E-state index in [2.05, 4.69) is 21.2 Å². The van der Waals surface area contributed by atoms with Crippen LogP contribution in [0.5, 0.6) is 11.5 Å². The van der Waals surface area contributed by atoms with Gasteiger partial charge in [0, 0.05) is 17.5 Å². The molecule has 0 aliphatic rings. The van der Waals surface area contributed by atoms with Crippen LogP contribution in [0.2, 0.25) is 0 Å². The summed E-state index contributed by atoms with van der Waals surface area (Å²) in [6, 6.07) is 8.76. The highest BCUT2D eigenvalue weighted by Crippen LogP contribution is 2.28. The average Bonchev–Trinajstić information content (AvgIpc) is 2.74. The van der Waals surface area contributed by atoms with E-state index in [1.807, 2.05) is 32.9 Å². The Balaban J connectivity index is 1.95. The largest absolute Gasteiger partial charge is 0.497 e. The van der Waals surface area contributed by atoms with E-state index in [9.17, 15) is 14.4 Å². The molecule has 0 atom stereocenters. The van der Waals surface area contributed by atoms with Crippen LogP contribution in [0.1, 0.15) is 30.0 Å². The summed E-state index contributed by atoms with van der Waals surface area (Å²) in [5, 5.41) is 9.15. The number of hydrogen-bond donors (Lipinski definition) is 3. The number of anilines is 2. The molecule has 0 bridgehead atoms. The second kappa shape index (κ2) is 10.9. The highest BCUT2D eigenvalue weighted by Gasteiger charge is 2.17. The van der Waals surface area contributed by atoms with Crippen molar-refractivity contribution in [2.75, 3.05) is 24.9 Å². The number of aryl methyl sites for hydroxylation is 3. The molecule has 170 valence electrons. The molecule has 0 saturated heterocycles. The van der Waals surface area contributed by atoms with Crippen LogP contribution >= 0.6 is 0 Å². The number of methoxy groups -OCH3 is 2. The van der Waals surface area contributed by atoms with Crippen molar-refractivity contribution < 1.29 is 23.9 Å². The predicted molar refractivity (Wildman–Crippen MR) is 123 cm³/mol. The lowest BCUT2D eigenvalue weighted by Crippen LogP contribution is -2.33. The highest BCUT2D eigenvalue weighted by atomic mass is 16.5. The summed E-state index contributed by atoms with van der Waals surface area (Å²) in [7, 11) is 2.92. The summed E-state index contributed by atoms with van der Waals surface area (Å²) in [5.41, 5.74) is 6.56. The Bertz CT molecular complexity index is 1040. The first-order valence-electron chi connectivity index (χ1n) is 9.88. The second-order valence-electron chi connectivity index (χ2n) is 7.31. The van der Waals surface area contributed by atoms with Gasteiger partial charge >= 0.3 is 11.8 Å². The Morgan fingerprint density at radius 3 is 2.16 bits per heavy atom. The van der Waals surface area contributed by atoms with Gasteiger partial charge in [0.2, 0.25) is 5.91 Å². The van der Waals surface area contributed by atoms with Crippen molar-refractivity contribution >= 4 is 34.8 Å². The molecule has 2 rings (SSSR count). The summed E-state index contributed by atoms with van der Waals surface area (Å²) >= 11 is 0. The Labute approximate surface area is 187 Å². The van der Waals surface area contributed by atoms with E-state index in [1.165, 1.54) is 20.3 Å². The van der Waals surface area contributed by atoms with Crippen LogP contribution in [0.3, 0.4) is 0 Å². The van der Waals surface area contributed by atoms with E-state index in [0.717, 1.165) is 22.4 Å². The molecule has 0 spiro atoms. The Kier molecular flexibility index (Phi) is 8.34. The van der Waals surface area contributed by atoms with E-state index in [0.29, 0.717) is 17.2 Å². The van der Waals surface area contributed by atoms with E-state index >= 15 is 0 Å². The lowest BCUT2D eigenvalue weighted by molar-refractivity contribution is -0.136. The topological polar surface area (TPSA) is 118 Å². The van der Waals surface area contributed by atoms with Crippen molar-refractivity contribution in [1.82, 2.24) is 5.43 Å². The lowest BCUT2D eigenvalue weighted by atomic mass is 10.0. The Hall–Kier alpha value is -3.88. The molecule has 0 saturated carbocycles. The Morgan fingerprint density at radius 2 is 1.56 bits per heavy atom. The van der Waals surface area contributed by atoms with Crippen LogP contribution < -0.4 is 25.5 Å². The second-order valence-corrected chi connectivity index (χ2v) is 7.31. The van der Waals surface area contributed by atoms with Gasteiger partial charge in [-0.1, -0.05) is 17.7 Å². The number of nitrogens with zero attached hydrogens (tertiary/aromatic N) is 1. The zero-order chi connectivity index (χ0) is 23.8. The smallest absolute Gasteiger partial charge is 0.329 e. The van der Waals surface area contributed by atoms with Crippen LogP contribution in [-0.4, -0.2) is 37.7 Å². The number of hydrogen-bond acceptors (Lipinski definition) is 6. The minimum absolute atomic E-state index is 0.0433. The fourth-order valence-corrected chi connectivity index (χ4v) is 3.12. The normalized spacial score (nSPS) is 10.9. The predicted octanol–water partition coefficient (Wildman–Crippen LogP) is 3.09. The first-order chi connectivity index (χ1) is 15.1. The number of hydrazone groups is 1. The molecule has 0 aliphatic carbocycles. The lowest BCUT2D eigenvalue weighted by Gasteiger charge is -2.13. The van der Waals surface area contributed by atoms with Gasteiger partial charge in [0.05, 0.1) is 26.3 Å². The summed E-state index contributed by atoms with van der Waals surface area (Å²) in [5.74, 6) is -1.35. The van der Waals surface area contributed by atoms with Gasteiger partial charge < -0.3 is 20.1 Å². The maximum Gasteiger partial charge on any atom is 0.329 e.